The SMILES string of the molecule is O[C@H](CNC(c1cccc(Oc2cccc(SC(F)(F)F)c2)c1)c1cc(C(F)(F)F)ccc1F)C(F)(F)F. The summed E-state index contributed by atoms with van der Waals surface area (Å²) in [5.74, 6) is -1.26. The van der Waals surface area contributed by atoms with Gasteiger partial charge in [-0.05, 0) is 65.9 Å². The molecule has 3 rings (SSSR count). The number of hydrogen-bond acceptors (Lipinski definition) is 4. The topological polar surface area (TPSA) is 41.5 Å². The first-order valence-corrected chi connectivity index (χ1v) is 11.3. The Balaban J connectivity index is 1.98. The van der Waals surface area contributed by atoms with Gasteiger partial charge in [0.2, 0.25) is 0 Å². The molecule has 14 heteroatoms. The van der Waals surface area contributed by atoms with E-state index in [2.05, 4.69) is 5.32 Å². The number of thioether (sulfide) groups is 1. The monoisotopic (exact) mass is 573 g/mol. The van der Waals surface area contributed by atoms with Gasteiger partial charge >= 0.3 is 17.9 Å². The van der Waals surface area contributed by atoms with Crippen LogP contribution in [0.5, 0.6) is 11.5 Å². The van der Waals surface area contributed by atoms with E-state index in [0.29, 0.717) is 18.2 Å². The Morgan fingerprint density at radius 2 is 1.45 bits per heavy atom. The van der Waals surface area contributed by atoms with Gasteiger partial charge in [-0.25, -0.2) is 4.39 Å². The van der Waals surface area contributed by atoms with Crippen LogP contribution in [-0.2, 0) is 6.18 Å². The van der Waals surface area contributed by atoms with Crippen LogP contribution in [0, 0.1) is 5.82 Å². The van der Waals surface area contributed by atoms with E-state index in [4.69, 9.17) is 4.74 Å². The molecule has 0 aliphatic carbocycles. The maximum atomic E-state index is 14.7. The number of ether oxygens (including phenoxy) is 1. The van der Waals surface area contributed by atoms with Crippen molar-refractivity contribution in [1.82, 2.24) is 5.32 Å². The van der Waals surface area contributed by atoms with Crippen molar-refractivity contribution >= 4 is 11.8 Å². The Bertz CT molecular complexity index is 1240. The summed E-state index contributed by atoms with van der Waals surface area (Å²) < 4.78 is 136. The van der Waals surface area contributed by atoms with Gasteiger partial charge in [0.1, 0.15) is 17.3 Å². The van der Waals surface area contributed by atoms with Gasteiger partial charge in [-0.1, -0.05) is 18.2 Å². The van der Waals surface area contributed by atoms with Crippen LogP contribution in [0.25, 0.3) is 0 Å². The lowest BCUT2D eigenvalue weighted by Gasteiger charge is -2.24. The van der Waals surface area contributed by atoms with Crippen molar-refractivity contribution in [3.05, 3.63) is 89.2 Å². The summed E-state index contributed by atoms with van der Waals surface area (Å²) in [6.45, 7) is -1.19. The van der Waals surface area contributed by atoms with E-state index in [9.17, 15) is 49.0 Å². The van der Waals surface area contributed by atoms with Gasteiger partial charge < -0.3 is 15.2 Å². The number of aliphatic hydroxyl groups is 1. The predicted octanol–water partition coefficient (Wildman–Crippen LogP) is 7.85. The van der Waals surface area contributed by atoms with Crippen molar-refractivity contribution in [3.63, 3.8) is 0 Å². The zero-order valence-corrected chi connectivity index (χ0v) is 19.6. The summed E-state index contributed by atoms with van der Waals surface area (Å²) >= 11 is -0.392. The van der Waals surface area contributed by atoms with Gasteiger partial charge in [0.15, 0.2) is 6.10 Å². The summed E-state index contributed by atoms with van der Waals surface area (Å²) in [7, 11) is 0. The standard InChI is InChI=1S/C24H17F10NO2S/c25-19-8-7-14(22(26,27)28)10-18(19)21(35-12-20(36)23(29,30)31)13-3-1-4-15(9-13)37-16-5-2-6-17(11-16)38-24(32,33)34/h1-11,20-21,35-36H,12H2/t20-,21?/m1/s1. The van der Waals surface area contributed by atoms with E-state index in [0.717, 1.165) is 6.07 Å². The van der Waals surface area contributed by atoms with Crippen LogP contribution in [0.15, 0.2) is 71.6 Å². The lowest BCUT2D eigenvalue weighted by Crippen LogP contribution is -2.40. The molecule has 1 unspecified atom stereocenters. The average Bonchev–Trinajstić information content (AvgIpc) is 2.78. The summed E-state index contributed by atoms with van der Waals surface area (Å²) in [5.41, 5.74) is -6.53. The van der Waals surface area contributed by atoms with Crippen molar-refractivity contribution < 1.29 is 53.7 Å². The van der Waals surface area contributed by atoms with Crippen molar-refractivity contribution in [1.29, 1.82) is 0 Å². The minimum absolute atomic E-state index is 0.0429. The molecule has 2 atom stereocenters. The number of alkyl halides is 9. The van der Waals surface area contributed by atoms with Crippen LogP contribution in [-0.4, -0.2) is 29.4 Å². The molecule has 3 nitrogen and oxygen atoms in total. The van der Waals surface area contributed by atoms with Gasteiger partial charge in [-0.2, -0.15) is 39.5 Å². The Morgan fingerprint density at radius 1 is 0.816 bits per heavy atom. The molecule has 0 spiro atoms. The molecule has 0 aliphatic rings. The average molecular weight is 573 g/mol. The van der Waals surface area contributed by atoms with E-state index in [1.807, 2.05) is 0 Å². The third-order valence-electron chi connectivity index (χ3n) is 4.99. The zero-order valence-electron chi connectivity index (χ0n) is 18.8. The fourth-order valence-electron chi connectivity index (χ4n) is 3.32. The lowest BCUT2D eigenvalue weighted by atomic mass is 9.95. The van der Waals surface area contributed by atoms with Crippen LogP contribution < -0.4 is 10.1 Å². The molecule has 0 amide bonds. The second kappa shape index (κ2) is 11.4. The molecular formula is C24H17F10NO2S. The van der Waals surface area contributed by atoms with Crippen molar-refractivity contribution in [2.75, 3.05) is 6.54 Å². The minimum Gasteiger partial charge on any atom is -0.457 e. The number of aliphatic hydroxyl groups excluding tert-OH is 1. The minimum atomic E-state index is -5.06. The predicted molar refractivity (Wildman–Crippen MR) is 118 cm³/mol. The van der Waals surface area contributed by atoms with Gasteiger partial charge in [0.05, 0.1) is 11.6 Å². The molecule has 0 saturated carbocycles. The molecule has 3 aromatic carbocycles. The molecule has 38 heavy (non-hydrogen) atoms. The molecule has 0 aliphatic heterocycles. The van der Waals surface area contributed by atoms with E-state index < -0.39 is 65.3 Å². The molecular weight excluding hydrogens is 556 g/mol. The highest BCUT2D eigenvalue weighted by Gasteiger charge is 2.39. The quantitative estimate of drug-likeness (QED) is 0.213. The normalized spacial score (nSPS) is 14.3. The first kappa shape index (κ1) is 29.6. The lowest BCUT2D eigenvalue weighted by molar-refractivity contribution is -0.202. The molecule has 2 N–H and O–H groups in total. The second-order valence-electron chi connectivity index (χ2n) is 7.83. The van der Waals surface area contributed by atoms with E-state index in [-0.39, 0.29) is 22.0 Å². The highest BCUT2D eigenvalue weighted by molar-refractivity contribution is 8.00. The van der Waals surface area contributed by atoms with Crippen molar-refractivity contribution in [2.45, 2.75) is 34.9 Å². The number of hydrogen-bond donors (Lipinski definition) is 2. The largest absolute Gasteiger partial charge is 0.457 e. The number of halogens is 10. The van der Waals surface area contributed by atoms with E-state index in [1.165, 1.54) is 42.5 Å². The summed E-state index contributed by atoms with van der Waals surface area (Å²) in [5, 5.41) is 11.6. The van der Waals surface area contributed by atoms with Crippen LogP contribution in [0.2, 0.25) is 0 Å². The number of rotatable bonds is 8. The van der Waals surface area contributed by atoms with Crippen molar-refractivity contribution in [2.24, 2.45) is 0 Å². The molecule has 0 heterocycles. The van der Waals surface area contributed by atoms with Gasteiger partial charge in [0.25, 0.3) is 0 Å². The maximum absolute atomic E-state index is 14.7. The van der Waals surface area contributed by atoms with Crippen LogP contribution in [0.1, 0.15) is 22.7 Å². The van der Waals surface area contributed by atoms with Gasteiger partial charge in [0, 0.05) is 17.0 Å². The third kappa shape index (κ3) is 8.27. The van der Waals surface area contributed by atoms with E-state index in [1.54, 1.807) is 0 Å². The highest BCUT2D eigenvalue weighted by atomic mass is 32.2. The zero-order chi connectivity index (χ0) is 28.3. The first-order valence-electron chi connectivity index (χ1n) is 10.5. The van der Waals surface area contributed by atoms with Gasteiger partial charge in [-0.3, -0.25) is 0 Å². The Morgan fingerprint density at radius 3 is 2.05 bits per heavy atom. The third-order valence-corrected chi connectivity index (χ3v) is 5.71. The molecule has 0 bridgehead atoms. The molecule has 0 saturated heterocycles. The molecule has 3 aromatic rings. The van der Waals surface area contributed by atoms with Crippen LogP contribution in [0.4, 0.5) is 43.9 Å². The Labute approximate surface area is 213 Å². The smallest absolute Gasteiger partial charge is 0.446 e. The number of benzene rings is 3. The van der Waals surface area contributed by atoms with Gasteiger partial charge in [-0.15, -0.1) is 0 Å². The maximum Gasteiger partial charge on any atom is 0.446 e. The second-order valence-corrected chi connectivity index (χ2v) is 8.97. The molecule has 0 aromatic heterocycles. The highest BCUT2D eigenvalue weighted by Crippen LogP contribution is 2.39. The summed E-state index contributed by atoms with van der Waals surface area (Å²) in [4.78, 5) is -0.196. The van der Waals surface area contributed by atoms with Crippen molar-refractivity contribution in [3.8, 4) is 11.5 Å². The Hall–Kier alpha value is -2.97. The molecule has 0 radical (unpaired) electrons. The van der Waals surface area contributed by atoms with Crippen LogP contribution >= 0.6 is 11.8 Å². The molecule has 206 valence electrons. The van der Waals surface area contributed by atoms with E-state index >= 15 is 0 Å². The fraction of sp³-hybridized carbons (Fsp3) is 0.250. The Kier molecular flexibility index (Phi) is 8.89. The summed E-state index contributed by atoms with van der Waals surface area (Å²) in [6.07, 6.45) is -12.9. The summed E-state index contributed by atoms with van der Waals surface area (Å²) in [6, 6.07) is 9.74. The molecule has 0 fully saturated rings. The number of nitrogens with one attached hydrogen (secondary N) is 1. The van der Waals surface area contributed by atoms with Crippen LogP contribution in [0.3, 0.4) is 0 Å². The first-order chi connectivity index (χ1) is 17.5. The fourth-order valence-corrected chi connectivity index (χ4v) is 3.91.